The predicted molar refractivity (Wildman–Crippen MR) is 92.1 cm³/mol. The number of aromatic amines is 1. The van der Waals surface area contributed by atoms with Crippen molar-refractivity contribution in [3.8, 4) is 11.5 Å². The first-order chi connectivity index (χ1) is 11.3. The van der Waals surface area contributed by atoms with Crippen molar-refractivity contribution in [2.75, 3.05) is 19.6 Å². The van der Waals surface area contributed by atoms with Crippen molar-refractivity contribution in [1.29, 1.82) is 0 Å². The molecule has 2 N–H and O–H groups in total. The lowest BCUT2D eigenvalue weighted by atomic mass is 9.93. The van der Waals surface area contributed by atoms with Crippen LogP contribution in [0, 0.1) is 0 Å². The minimum absolute atomic E-state index is 0.171. The van der Waals surface area contributed by atoms with Crippen molar-refractivity contribution in [2.45, 2.75) is 26.2 Å². The summed E-state index contributed by atoms with van der Waals surface area (Å²) in [5.41, 5.74) is 3.15. The fourth-order valence-electron chi connectivity index (χ4n) is 1.98. The van der Waals surface area contributed by atoms with E-state index in [0.29, 0.717) is 17.2 Å². The van der Waals surface area contributed by atoms with Crippen LogP contribution in [0.3, 0.4) is 0 Å². The molecule has 0 unspecified atom stereocenters. The number of nitrogens with zero attached hydrogens (tertiary/aromatic N) is 3. The van der Waals surface area contributed by atoms with Crippen molar-refractivity contribution in [1.82, 2.24) is 15.2 Å². The second kappa shape index (κ2) is 7.12. The van der Waals surface area contributed by atoms with Gasteiger partial charge in [-0.15, -0.1) is 10.2 Å². The van der Waals surface area contributed by atoms with E-state index in [1.54, 1.807) is 32.6 Å². The number of hydrogen-bond donors (Lipinski definition) is 2. The molecule has 1 aromatic carbocycles. The van der Waals surface area contributed by atoms with Crippen molar-refractivity contribution < 1.29 is 9.47 Å². The molecule has 1 heterocycles. The van der Waals surface area contributed by atoms with Gasteiger partial charge in [-0.2, -0.15) is 5.10 Å². The average molecular weight is 331 g/mol. The molecule has 0 aliphatic carbocycles. The number of nitrogens with one attached hydrogen (secondary N) is 2. The highest BCUT2D eigenvalue weighted by Crippen LogP contribution is 2.26. The number of methoxy groups -OCH3 is 2. The molecule has 8 nitrogen and oxygen atoms in total. The lowest BCUT2D eigenvalue weighted by molar-refractivity contribution is 0.355. The number of anilines is 1. The summed E-state index contributed by atoms with van der Waals surface area (Å²) in [5.74, 6) is 1.41. The number of ether oxygens (including phenoxy) is 2. The summed E-state index contributed by atoms with van der Waals surface area (Å²) in [7, 11) is 3.14. The largest absolute Gasteiger partial charge is 0.493 e. The summed E-state index contributed by atoms with van der Waals surface area (Å²) in [6.07, 6.45) is 1.57. The molecule has 0 radical (unpaired) electrons. The molecule has 0 saturated carbocycles. The zero-order chi connectivity index (χ0) is 17.7. The van der Waals surface area contributed by atoms with Crippen molar-refractivity contribution >= 4 is 12.2 Å². The molecule has 24 heavy (non-hydrogen) atoms. The van der Waals surface area contributed by atoms with Crippen LogP contribution in [0.5, 0.6) is 11.5 Å². The minimum atomic E-state index is -0.373. The lowest BCUT2D eigenvalue weighted by Crippen LogP contribution is -2.28. The van der Waals surface area contributed by atoms with E-state index in [4.69, 9.17) is 9.47 Å². The molecule has 8 heteroatoms. The first-order valence-electron chi connectivity index (χ1n) is 7.33. The summed E-state index contributed by atoms with van der Waals surface area (Å²) in [4.78, 5) is 14.6. The van der Waals surface area contributed by atoms with Gasteiger partial charge in [0.15, 0.2) is 11.5 Å². The summed E-state index contributed by atoms with van der Waals surface area (Å²) >= 11 is 0. The second-order valence-electron chi connectivity index (χ2n) is 6.09. The monoisotopic (exact) mass is 331 g/mol. The molecule has 0 aliphatic rings. The normalized spacial score (nSPS) is 11.5. The predicted octanol–water partition coefficient (Wildman–Crippen LogP) is 1.93. The first-order valence-corrected chi connectivity index (χ1v) is 7.33. The van der Waals surface area contributed by atoms with E-state index in [1.807, 2.05) is 26.8 Å². The molecular weight excluding hydrogens is 310 g/mol. The van der Waals surface area contributed by atoms with Crippen LogP contribution < -0.4 is 20.5 Å². The Bertz CT molecular complexity index is 793. The van der Waals surface area contributed by atoms with Crippen LogP contribution in [0.25, 0.3) is 0 Å². The molecule has 2 aromatic rings. The van der Waals surface area contributed by atoms with Crippen molar-refractivity contribution in [3.63, 3.8) is 0 Å². The van der Waals surface area contributed by atoms with Crippen LogP contribution in [0.15, 0.2) is 28.1 Å². The summed E-state index contributed by atoms with van der Waals surface area (Å²) in [5, 5.41) is 11.9. The molecule has 0 fully saturated rings. The van der Waals surface area contributed by atoms with Crippen LogP contribution in [-0.4, -0.2) is 35.6 Å². The van der Waals surface area contributed by atoms with Crippen LogP contribution in [0.2, 0.25) is 0 Å². The van der Waals surface area contributed by atoms with Gasteiger partial charge in [-0.3, -0.25) is 9.78 Å². The number of hydrogen-bond acceptors (Lipinski definition) is 7. The molecule has 128 valence electrons. The summed E-state index contributed by atoms with van der Waals surface area (Å²) in [6, 6.07) is 5.38. The SMILES string of the molecule is COc1ccc(C=NNc2nnc(C(C)(C)C)c(=O)[nH]2)cc1OC. The Balaban J connectivity index is 2.12. The van der Waals surface area contributed by atoms with Gasteiger partial charge in [0.25, 0.3) is 5.56 Å². The van der Waals surface area contributed by atoms with Gasteiger partial charge < -0.3 is 9.47 Å². The number of rotatable bonds is 5. The topological polar surface area (TPSA) is 101 Å². The Morgan fingerprint density at radius 3 is 2.46 bits per heavy atom. The maximum atomic E-state index is 12.0. The average Bonchev–Trinajstić information content (AvgIpc) is 2.53. The maximum Gasteiger partial charge on any atom is 0.274 e. The standard InChI is InChI=1S/C16H21N5O3/c1-16(2,3)13-14(22)18-15(21-19-13)20-17-9-10-6-7-11(23-4)12(8-10)24-5/h6-9H,1-5H3,(H2,18,20,21,22). The summed E-state index contributed by atoms with van der Waals surface area (Å²) < 4.78 is 10.4. The molecule has 0 spiro atoms. The third kappa shape index (κ3) is 4.09. The number of benzene rings is 1. The van der Waals surface area contributed by atoms with Gasteiger partial charge in [0.1, 0.15) is 5.69 Å². The number of aromatic nitrogens is 3. The van der Waals surface area contributed by atoms with Gasteiger partial charge >= 0.3 is 0 Å². The fourth-order valence-corrected chi connectivity index (χ4v) is 1.98. The fraction of sp³-hybridized carbons (Fsp3) is 0.375. The third-order valence-corrected chi connectivity index (χ3v) is 3.20. The first kappa shape index (κ1) is 17.5. The van der Waals surface area contributed by atoms with Gasteiger partial charge in [0.05, 0.1) is 20.4 Å². The zero-order valence-corrected chi connectivity index (χ0v) is 14.4. The quantitative estimate of drug-likeness (QED) is 0.641. The summed E-state index contributed by atoms with van der Waals surface area (Å²) in [6.45, 7) is 5.69. The Morgan fingerprint density at radius 2 is 1.88 bits per heavy atom. The van der Waals surface area contributed by atoms with E-state index in [1.165, 1.54) is 0 Å². The Morgan fingerprint density at radius 1 is 1.17 bits per heavy atom. The highest BCUT2D eigenvalue weighted by atomic mass is 16.5. The zero-order valence-electron chi connectivity index (χ0n) is 14.4. The third-order valence-electron chi connectivity index (χ3n) is 3.20. The molecule has 1 aromatic heterocycles. The molecule has 0 bridgehead atoms. The van der Waals surface area contributed by atoms with E-state index in [2.05, 4.69) is 25.7 Å². The van der Waals surface area contributed by atoms with E-state index in [-0.39, 0.29) is 16.9 Å². The number of hydrazone groups is 1. The Kier molecular flexibility index (Phi) is 5.18. The Hall–Kier alpha value is -2.90. The van der Waals surface area contributed by atoms with Crippen LogP contribution in [-0.2, 0) is 5.41 Å². The number of H-pyrrole nitrogens is 1. The van der Waals surface area contributed by atoms with Crippen LogP contribution in [0.4, 0.5) is 5.95 Å². The Labute approximate surface area is 139 Å². The highest BCUT2D eigenvalue weighted by Gasteiger charge is 2.20. The molecule has 0 saturated heterocycles. The maximum absolute atomic E-state index is 12.0. The van der Waals surface area contributed by atoms with E-state index < -0.39 is 0 Å². The molecule has 0 aliphatic heterocycles. The van der Waals surface area contributed by atoms with Crippen LogP contribution in [0.1, 0.15) is 32.0 Å². The van der Waals surface area contributed by atoms with Crippen molar-refractivity contribution in [2.24, 2.45) is 5.10 Å². The van der Waals surface area contributed by atoms with E-state index >= 15 is 0 Å². The van der Waals surface area contributed by atoms with E-state index in [9.17, 15) is 4.79 Å². The molecule has 2 rings (SSSR count). The van der Waals surface area contributed by atoms with Gasteiger partial charge in [-0.1, -0.05) is 20.8 Å². The van der Waals surface area contributed by atoms with Gasteiger partial charge in [0, 0.05) is 5.41 Å². The lowest BCUT2D eigenvalue weighted by Gasteiger charge is -2.15. The molecular formula is C16H21N5O3. The van der Waals surface area contributed by atoms with Gasteiger partial charge in [-0.05, 0) is 23.8 Å². The van der Waals surface area contributed by atoms with E-state index in [0.717, 1.165) is 5.56 Å². The minimum Gasteiger partial charge on any atom is -0.493 e. The second-order valence-corrected chi connectivity index (χ2v) is 6.09. The van der Waals surface area contributed by atoms with Gasteiger partial charge in [0.2, 0.25) is 5.95 Å². The smallest absolute Gasteiger partial charge is 0.274 e. The highest BCUT2D eigenvalue weighted by molar-refractivity contribution is 5.81. The molecule has 0 atom stereocenters. The van der Waals surface area contributed by atoms with Crippen molar-refractivity contribution in [3.05, 3.63) is 39.8 Å². The molecule has 0 amide bonds. The van der Waals surface area contributed by atoms with Gasteiger partial charge in [-0.25, -0.2) is 5.43 Å². The van der Waals surface area contributed by atoms with Crippen LogP contribution >= 0.6 is 0 Å².